The molecule has 0 spiro atoms. The lowest BCUT2D eigenvalue weighted by atomic mass is 9.94. The van der Waals surface area contributed by atoms with Crippen LogP contribution in [0.2, 0.25) is 0 Å². The van der Waals surface area contributed by atoms with Gasteiger partial charge in [0.2, 0.25) is 18.6 Å². The highest BCUT2D eigenvalue weighted by molar-refractivity contribution is 6.01. The summed E-state index contributed by atoms with van der Waals surface area (Å²) in [7, 11) is 0. The highest BCUT2D eigenvalue weighted by Gasteiger charge is 2.51. The van der Waals surface area contributed by atoms with Crippen LogP contribution in [0, 0.1) is 6.92 Å². The number of hydrogen-bond acceptors (Lipinski definition) is 5. The topological polar surface area (TPSA) is 104 Å². The average Bonchev–Trinajstić information content (AvgIpc) is 3.45. The number of carbonyl (C=O) groups excluding carboxylic acids is 2. The van der Waals surface area contributed by atoms with Crippen molar-refractivity contribution in [3.63, 3.8) is 0 Å². The zero-order valence-corrected chi connectivity index (χ0v) is 17.0. The maximum absolute atomic E-state index is 13.1. The molecule has 0 saturated heterocycles. The molecule has 2 aliphatic rings. The van der Waals surface area contributed by atoms with Crippen LogP contribution in [-0.2, 0) is 10.2 Å². The van der Waals surface area contributed by atoms with Gasteiger partial charge >= 0.3 is 0 Å². The van der Waals surface area contributed by atoms with Gasteiger partial charge in [-0.1, -0.05) is 18.2 Å². The van der Waals surface area contributed by atoms with Crippen molar-refractivity contribution in [1.82, 2.24) is 4.98 Å². The molecule has 5 rings (SSSR count). The van der Waals surface area contributed by atoms with Crippen molar-refractivity contribution in [2.75, 3.05) is 12.1 Å². The van der Waals surface area contributed by atoms with Crippen molar-refractivity contribution in [2.24, 2.45) is 5.73 Å². The molecule has 1 aliphatic heterocycles. The van der Waals surface area contributed by atoms with Gasteiger partial charge in [0.05, 0.1) is 5.41 Å². The SMILES string of the molecule is Cc1nc(NC(=O)C2(c3ccc4c(c3)OCO4)CC2)ccc1-c1ccc(C(N)=O)cc1.[HH].[HH].[HH]. The fraction of sp³-hybridized carbons (Fsp3) is 0.208. The molecular formula is C24H27N3O4. The number of anilines is 1. The van der Waals surface area contributed by atoms with Gasteiger partial charge in [-0.3, -0.25) is 9.59 Å². The van der Waals surface area contributed by atoms with Crippen molar-refractivity contribution in [3.05, 3.63) is 71.4 Å². The number of nitrogens with zero attached hydrogens (tertiary/aromatic N) is 1. The molecule has 0 unspecified atom stereocenters. The molecule has 3 aromatic rings. The Morgan fingerprint density at radius 2 is 1.77 bits per heavy atom. The standard InChI is InChI=1S/C24H21N3O4.3H2/c1-14-18(15-2-4-16(5-3-15)22(25)28)7-9-21(26-14)27-23(29)24(10-11-24)17-6-8-19-20(12-17)31-13-30-19;;;/h2-9,12H,10-11,13H2,1H3,(H2,25,28)(H,26,27,29);3*1H. The van der Waals surface area contributed by atoms with E-state index in [-0.39, 0.29) is 17.0 Å². The Bertz CT molecular complexity index is 1210. The van der Waals surface area contributed by atoms with Crippen LogP contribution in [0.3, 0.4) is 0 Å². The van der Waals surface area contributed by atoms with Gasteiger partial charge in [0.25, 0.3) is 0 Å². The first-order chi connectivity index (χ1) is 15.0. The summed E-state index contributed by atoms with van der Waals surface area (Å²) in [5.74, 6) is 1.36. The van der Waals surface area contributed by atoms with Gasteiger partial charge in [0.15, 0.2) is 11.5 Å². The fourth-order valence-electron chi connectivity index (χ4n) is 3.95. The number of carbonyl (C=O) groups is 2. The molecular weight excluding hydrogens is 394 g/mol. The normalized spacial score (nSPS) is 15.4. The largest absolute Gasteiger partial charge is 0.454 e. The van der Waals surface area contributed by atoms with Crippen LogP contribution in [0.4, 0.5) is 5.82 Å². The number of aromatic nitrogens is 1. The molecule has 2 aromatic carbocycles. The summed E-state index contributed by atoms with van der Waals surface area (Å²) in [6.45, 7) is 2.09. The van der Waals surface area contributed by atoms with Crippen molar-refractivity contribution < 1.29 is 23.3 Å². The number of amides is 2. The van der Waals surface area contributed by atoms with Crippen LogP contribution in [0.25, 0.3) is 11.1 Å². The first-order valence-corrected chi connectivity index (χ1v) is 10.1. The van der Waals surface area contributed by atoms with Gasteiger partial charge in [-0.15, -0.1) is 0 Å². The third-order valence-corrected chi connectivity index (χ3v) is 5.92. The molecule has 1 saturated carbocycles. The van der Waals surface area contributed by atoms with Crippen molar-refractivity contribution in [3.8, 4) is 22.6 Å². The number of aryl methyl sites for hydroxylation is 1. The van der Waals surface area contributed by atoms with Crippen LogP contribution in [0.15, 0.2) is 54.6 Å². The number of primary amides is 1. The van der Waals surface area contributed by atoms with Crippen LogP contribution >= 0.6 is 0 Å². The Labute approximate surface area is 183 Å². The van der Waals surface area contributed by atoms with Crippen LogP contribution in [0.5, 0.6) is 11.5 Å². The molecule has 2 amide bonds. The second-order valence-electron chi connectivity index (χ2n) is 7.88. The lowest BCUT2D eigenvalue weighted by Crippen LogP contribution is -2.28. The summed E-state index contributed by atoms with van der Waals surface area (Å²) >= 11 is 0. The molecule has 1 aromatic heterocycles. The van der Waals surface area contributed by atoms with Gasteiger partial charge in [-0.25, -0.2) is 4.98 Å². The monoisotopic (exact) mass is 421 g/mol. The average molecular weight is 421 g/mol. The lowest BCUT2D eigenvalue weighted by Gasteiger charge is -2.16. The van der Waals surface area contributed by atoms with Gasteiger partial charge in [-0.05, 0) is 67.3 Å². The number of nitrogens with two attached hydrogens (primary N) is 1. The minimum Gasteiger partial charge on any atom is -0.454 e. The molecule has 1 fully saturated rings. The highest BCUT2D eigenvalue weighted by Crippen LogP contribution is 2.51. The summed E-state index contributed by atoms with van der Waals surface area (Å²) in [4.78, 5) is 28.9. The first kappa shape index (κ1) is 19.1. The second kappa shape index (κ2) is 7.12. The quantitative estimate of drug-likeness (QED) is 0.639. The van der Waals surface area contributed by atoms with E-state index in [1.54, 1.807) is 18.2 Å². The van der Waals surface area contributed by atoms with Crippen LogP contribution in [-0.4, -0.2) is 23.6 Å². The number of rotatable bonds is 5. The molecule has 1 aliphatic carbocycles. The van der Waals surface area contributed by atoms with Crippen molar-refractivity contribution in [2.45, 2.75) is 25.2 Å². The number of hydrogen-bond donors (Lipinski definition) is 2. The molecule has 7 nitrogen and oxygen atoms in total. The number of pyridine rings is 1. The third kappa shape index (κ3) is 3.38. The van der Waals surface area contributed by atoms with Gasteiger partial charge in [0.1, 0.15) is 5.82 Å². The molecule has 162 valence electrons. The van der Waals surface area contributed by atoms with E-state index in [1.807, 2.05) is 43.3 Å². The summed E-state index contributed by atoms with van der Waals surface area (Å²) in [5.41, 5.74) is 8.75. The minimum absolute atomic E-state index is 0. The Balaban J connectivity index is 0.00000136. The summed E-state index contributed by atoms with van der Waals surface area (Å²) in [6.07, 6.45) is 1.56. The molecule has 0 bridgehead atoms. The Morgan fingerprint density at radius 1 is 1.03 bits per heavy atom. The van der Waals surface area contributed by atoms with Crippen LogP contribution in [0.1, 0.15) is 38.7 Å². The fourth-order valence-corrected chi connectivity index (χ4v) is 3.95. The second-order valence-corrected chi connectivity index (χ2v) is 7.88. The molecule has 31 heavy (non-hydrogen) atoms. The number of nitrogens with one attached hydrogen (secondary N) is 1. The van der Waals surface area contributed by atoms with Gasteiger partial charge in [0, 0.05) is 21.1 Å². The Morgan fingerprint density at radius 3 is 2.45 bits per heavy atom. The minimum atomic E-state index is -0.556. The number of benzene rings is 2. The molecule has 7 heteroatoms. The summed E-state index contributed by atoms with van der Waals surface area (Å²) in [6, 6.07) is 16.4. The zero-order valence-electron chi connectivity index (χ0n) is 17.0. The van der Waals surface area contributed by atoms with Crippen LogP contribution < -0.4 is 20.5 Å². The lowest BCUT2D eigenvalue weighted by molar-refractivity contribution is -0.118. The van der Waals surface area contributed by atoms with E-state index in [0.717, 1.165) is 35.2 Å². The van der Waals surface area contributed by atoms with Crippen molar-refractivity contribution >= 4 is 17.6 Å². The van der Waals surface area contributed by atoms with Crippen molar-refractivity contribution in [1.29, 1.82) is 0 Å². The van der Waals surface area contributed by atoms with E-state index in [1.165, 1.54) is 0 Å². The maximum atomic E-state index is 13.1. The van der Waals surface area contributed by atoms with E-state index in [2.05, 4.69) is 10.3 Å². The molecule has 0 atom stereocenters. The first-order valence-electron chi connectivity index (χ1n) is 10.1. The van der Waals surface area contributed by atoms with Gasteiger partial charge in [-0.2, -0.15) is 0 Å². The molecule has 2 heterocycles. The number of ether oxygens (including phenoxy) is 2. The molecule has 3 N–H and O–H groups in total. The predicted molar refractivity (Wildman–Crippen MR) is 121 cm³/mol. The molecule has 0 radical (unpaired) electrons. The predicted octanol–water partition coefficient (Wildman–Crippen LogP) is 4.29. The van der Waals surface area contributed by atoms with E-state index in [9.17, 15) is 9.59 Å². The van der Waals surface area contributed by atoms with E-state index >= 15 is 0 Å². The summed E-state index contributed by atoms with van der Waals surface area (Å²) in [5, 5.41) is 2.97. The van der Waals surface area contributed by atoms with E-state index < -0.39 is 11.3 Å². The van der Waals surface area contributed by atoms with E-state index in [0.29, 0.717) is 22.9 Å². The highest BCUT2D eigenvalue weighted by atomic mass is 16.7. The number of fused-ring (bicyclic) bond motifs is 1. The maximum Gasteiger partial charge on any atom is 0.248 e. The zero-order chi connectivity index (χ0) is 21.6. The smallest absolute Gasteiger partial charge is 0.248 e. The Hall–Kier alpha value is -3.87. The van der Waals surface area contributed by atoms with E-state index in [4.69, 9.17) is 15.2 Å². The van der Waals surface area contributed by atoms with Gasteiger partial charge < -0.3 is 20.5 Å². The Kier molecular flexibility index (Phi) is 4.39. The summed E-state index contributed by atoms with van der Waals surface area (Å²) < 4.78 is 10.8. The third-order valence-electron chi connectivity index (χ3n) is 5.92.